The van der Waals surface area contributed by atoms with E-state index in [0.29, 0.717) is 6.42 Å². The molecule has 1 amide bonds. The highest BCUT2D eigenvalue weighted by molar-refractivity contribution is 5.92. The highest BCUT2D eigenvalue weighted by atomic mass is 16.1. The van der Waals surface area contributed by atoms with E-state index in [1.165, 1.54) is 11.1 Å². The number of aryl methyl sites for hydroxylation is 2. The molecule has 0 radical (unpaired) electrons. The topological polar surface area (TPSA) is 29.1 Å². The third-order valence-electron chi connectivity index (χ3n) is 5.40. The van der Waals surface area contributed by atoms with Gasteiger partial charge in [0.25, 0.3) is 0 Å². The van der Waals surface area contributed by atoms with Gasteiger partial charge in [-0.3, -0.25) is 4.79 Å². The fourth-order valence-electron chi connectivity index (χ4n) is 3.46. The number of allylic oxidation sites excluding steroid dienone is 12. The first kappa shape index (κ1) is 29.2. The van der Waals surface area contributed by atoms with Gasteiger partial charge in [0.15, 0.2) is 0 Å². The molecule has 1 N–H and O–H groups in total. The van der Waals surface area contributed by atoms with Crippen molar-refractivity contribution in [3.05, 3.63) is 102 Å². The number of carbonyl (C=O) groups excluding carboxylic acids is 1. The Morgan fingerprint density at radius 3 is 1.47 bits per heavy atom. The number of carbonyl (C=O) groups is 1. The van der Waals surface area contributed by atoms with Gasteiger partial charge in [-0.15, -0.1) is 0 Å². The van der Waals surface area contributed by atoms with Gasteiger partial charge in [0.1, 0.15) is 0 Å². The second-order valence-corrected chi connectivity index (χ2v) is 8.16. The Balaban J connectivity index is 2.14. The van der Waals surface area contributed by atoms with Crippen LogP contribution in [-0.2, 0) is 17.6 Å². The molecule has 0 bridgehead atoms. The first-order valence-corrected chi connectivity index (χ1v) is 13.0. The zero-order valence-electron chi connectivity index (χ0n) is 21.6. The standard InChI is InChI=1S/C32H45NO/c1-4-7-8-9-10-11-12-13-14-15-16-17-18-19-20-21-22-23-24-28-31(34)33-32-29(5-2)26-25-27-30(32)6-3/h7-8,10-11,13-14,16-17,19-20,22-23,25-27H,4-6,9,12,15,18,21,24,28H2,1-3H3,(H,33,34)/b8-7-,11-10-,14-13-,17-16-,20-19-,23-22-. The molecule has 1 aromatic rings. The lowest BCUT2D eigenvalue weighted by Gasteiger charge is -2.14. The Morgan fingerprint density at radius 2 is 1.06 bits per heavy atom. The van der Waals surface area contributed by atoms with Crippen molar-refractivity contribution in [2.75, 3.05) is 5.32 Å². The maximum atomic E-state index is 12.4. The Bertz CT molecular complexity index is 830. The maximum Gasteiger partial charge on any atom is 0.224 e. The van der Waals surface area contributed by atoms with E-state index in [2.05, 4.69) is 117 Å². The van der Waals surface area contributed by atoms with Crippen molar-refractivity contribution in [2.24, 2.45) is 0 Å². The van der Waals surface area contributed by atoms with E-state index in [0.717, 1.165) is 63.5 Å². The number of anilines is 1. The van der Waals surface area contributed by atoms with E-state index < -0.39 is 0 Å². The molecule has 0 aliphatic heterocycles. The van der Waals surface area contributed by atoms with Gasteiger partial charge in [0.2, 0.25) is 5.91 Å². The van der Waals surface area contributed by atoms with E-state index >= 15 is 0 Å². The van der Waals surface area contributed by atoms with Gasteiger partial charge in [-0.25, -0.2) is 0 Å². The predicted molar refractivity (Wildman–Crippen MR) is 151 cm³/mol. The van der Waals surface area contributed by atoms with Crippen molar-refractivity contribution in [3.63, 3.8) is 0 Å². The van der Waals surface area contributed by atoms with Crippen LogP contribution in [0.3, 0.4) is 0 Å². The summed E-state index contributed by atoms with van der Waals surface area (Å²) < 4.78 is 0. The van der Waals surface area contributed by atoms with E-state index in [1.807, 2.05) is 0 Å². The van der Waals surface area contributed by atoms with E-state index in [1.54, 1.807) is 0 Å². The molecule has 0 aromatic heterocycles. The molecule has 2 nitrogen and oxygen atoms in total. The van der Waals surface area contributed by atoms with Gasteiger partial charge in [-0.05, 0) is 68.9 Å². The number of amides is 1. The van der Waals surface area contributed by atoms with Crippen molar-refractivity contribution in [3.8, 4) is 0 Å². The van der Waals surface area contributed by atoms with E-state index in [9.17, 15) is 4.79 Å². The molecule has 34 heavy (non-hydrogen) atoms. The summed E-state index contributed by atoms with van der Waals surface area (Å²) in [5.74, 6) is 0.0927. The molecule has 0 heterocycles. The normalized spacial score (nSPS) is 12.6. The van der Waals surface area contributed by atoms with Crippen LogP contribution in [0.15, 0.2) is 91.1 Å². The highest BCUT2D eigenvalue weighted by Crippen LogP contribution is 2.22. The summed E-state index contributed by atoms with van der Waals surface area (Å²) in [6, 6.07) is 6.27. The molecule has 0 spiro atoms. The molecule has 0 saturated carbocycles. The summed E-state index contributed by atoms with van der Waals surface area (Å²) in [6.07, 6.45) is 35.5. The molecule has 1 rings (SSSR count). The molecule has 0 atom stereocenters. The van der Waals surface area contributed by atoms with Crippen LogP contribution in [0.4, 0.5) is 5.69 Å². The average molecular weight is 460 g/mol. The van der Waals surface area contributed by atoms with E-state index in [-0.39, 0.29) is 5.91 Å². The smallest absolute Gasteiger partial charge is 0.224 e. The summed E-state index contributed by atoms with van der Waals surface area (Å²) in [5.41, 5.74) is 3.43. The second-order valence-electron chi connectivity index (χ2n) is 8.16. The fourth-order valence-corrected chi connectivity index (χ4v) is 3.46. The minimum atomic E-state index is 0.0927. The molecule has 184 valence electrons. The number of para-hydroxylation sites is 1. The largest absolute Gasteiger partial charge is 0.326 e. The van der Waals surface area contributed by atoms with Crippen LogP contribution in [0.5, 0.6) is 0 Å². The Morgan fingerprint density at radius 1 is 0.647 bits per heavy atom. The fraction of sp³-hybridized carbons (Fsp3) is 0.406. The van der Waals surface area contributed by atoms with Crippen LogP contribution in [-0.4, -0.2) is 5.91 Å². The van der Waals surface area contributed by atoms with Gasteiger partial charge in [0.05, 0.1) is 0 Å². The lowest BCUT2D eigenvalue weighted by atomic mass is 10.0. The number of nitrogens with one attached hydrogen (secondary N) is 1. The SMILES string of the molecule is CC/C=C\C/C=C\C/C=C\C/C=C\C/C=C\C/C=C\CCC(=O)Nc1c(CC)cccc1CC. The molecule has 2 heteroatoms. The monoisotopic (exact) mass is 459 g/mol. The van der Waals surface area contributed by atoms with Crippen molar-refractivity contribution >= 4 is 11.6 Å². The molecule has 0 unspecified atom stereocenters. The van der Waals surface area contributed by atoms with Gasteiger partial charge in [-0.1, -0.05) is 112 Å². The van der Waals surface area contributed by atoms with Crippen LogP contribution in [0, 0.1) is 0 Å². The number of benzene rings is 1. The average Bonchev–Trinajstić information content (AvgIpc) is 2.85. The van der Waals surface area contributed by atoms with E-state index in [4.69, 9.17) is 0 Å². The van der Waals surface area contributed by atoms with Crippen LogP contribution in [0.2, 0.25) is 0 Å². The summed E-state index contributed by atoms with van der Waals surface area (Å²) in [5, 5.41) is 3.13. The van der Waals surface area contributed by atoms with Gasteiger partial charge in [0, 0.05) is 12.1 Å². The number of hydrogen-bond acceptors (Lipinski definition) is 1. The van der Waals surface area contributed by atoms with Crippen molar-refractivity contribution in [1.82, 2.24) is 0 Å². The summed E-state index contributed by atoms with van der Waals surface area (Å²) in [4.78, 5) is 12.4. The third kappa shape index (κ3) is 14.3. The van der Waals surface area contributed by atoms with Crippen LogP contribution < -0.4 is 5.32 Å². The zero-order chi connectivity index (χ0) is 24.7. The molecule has 0 aliphatic carbocycles. The third-order valence-corrected chi connectivity index (χ3v) is 5.40. The highest BCUT2D eigenvalue weighted by Gasteiger charge is 2.09. The quantitative estimate of drug-likeness (QED) is 0.231. The van der Waals surface area contributed by atoms with Gasteiger partial charge < -0.3 is 5.32 Å². The van der Waals surface area contributed by atoms with Crippen LogP contribution in [0.25, 0.3) is 0 Å². The Labute approximate surface area is 208 Å². The van der Waals surface area contributed by atoms with Crippen molar-refractivity contribution in [2.45, 2.75) is 85.0 Å². The molecule has 0 saturated heterocycles. The molecule has 1 aromatic carbocycles. The first-order valence-electron chi connectivity index (χ1n) is 13.0. The first-order chi connectivity index (χ1) is 16.7. The van der Waals surface area contributed by atoms with Crippen LogP contribution in [0.1, 0.15) is 83.3 Å². The maximum absolute atomic E-state index is 12.4. The molecule has 0 fully saturated rings. The number of hydrogen-bond donors (Lipinski definition) is 1. The molecular formula is C32H45NO. The molecular weight excluding hydrogens is 414 g/mol. The summed E-state index contributed by atoms with van der Waals surface area (Å²) in [6.45, 7) is 6.41. The zero-order valence-corrected chi connectivity index (χ0v) is 21.6. The van der Waals surface area contributed by atoms with Gasteiger partial charge in [-0.2, -0.15) is 0 Å². The molecule has 0 aliphatic rings. The minimum Gasteiger partial charge on any atom is -0.326 e. The van der Waals surface area contributed by atoms with Crippen molar-refractivity contribution in [1.29, 1.82) is 0 Å². The minimum absolute atomic E-state index is 0.0927. The summed E-state index contributed by atoms with van der Waals surface area (Å²) in [7, 11) is 0. The Kier molecular flexibility index (Phi) is 17.8. The second kappa shape index (κ2) is 20.7. The predicted octanol–water partition coefficient (Wildman–Crippen LogP) is 9.23. The van der Waals surface area contributed by atoms with Crippen molar-refractivity contribution < 1.29 is 4.79 Å². The lowest BCUT2D eigenvalue weighted by Crippen LogP contribution is -2.14. The van der Waals surface area contributed by atoms with Gasteiger partial charge >= 0.3 is 0 Å². The van der Waals surface area contributed by atoms with Crippen LogP contribution >= 0.6 is 0 Å². The summed E-state index contributed by atoms with van der Waals surface area (Å²) >= 11 is 0. The Hall–Kier alpha value is -2.87. The lowest BCUT2D eigenvalue weighted by molar-refractivity contribution is -0.116. The number of rotatable bonds is 17.